The summed E-state index contributed by atoms with van der Waals surface area (Å²) in [6.45, 7) is 0. The Morgan fingerprint density at radius 2 is 1.77 bits per heavy atom. The van der Waals surface area contributed by atoms with Crippen molar-refractivity contribution in [3.05, 3.63) is 60.4 Å². The molecule has 2 aromatic heterocycles. The summed E-state index contributed by atoms with van der Waals surface area (Å²) in [6.07, 6.45) is 0. The molecule has 0 atom stereocenters. The van der Waals surface area contributed by atoms with Crippen LogP contribution in [0.25, 0.3) is 11.4 Å². The molecule has 0 bridgehead atoms. The first kappa shape index (κ1) is 19.6. The third-order valence-electron chi connectivity index (χ3n) is 4.24. The molecule has 10 heteroatoms. The Hall–Kier alpha value is -3.66. The molecular weight excluding hydrogens is 400 g/mol. The number of hydrogen-bond donors (Lipinski definition) is 2. The molecule has 152 valence electrons. The molecule has 4 rings (SSSR count). The second kappa shape index (κ2) is 8.78. The van der Waals surface area contributed by atoms with Crippen LogP contribution in [0.15, 0.2) is 59.8 Å². The molecule has 4 aromatic rings. The molecule has 0 aliphatic heterocycles. The number of nitrogen functional groups attached to an aromatic ring is 1. The van der Waals surface area contributed by atoms with Gasteiger partial charge < -0.3 is 20.4 Å². The van der Waals surface area contributed by atoms with Crippen LogP contribution < -0.4 is 15.8 Å². The van der Waals surface area contributed by atoms with E-state index < -0.39 is 0 Å². The summed E-state index contributed by atoms with van der Waals surface area (Å²) < 4.78 is 7.35. The van der Waals surface area contributed by atoms with Gasteiger partial charge in [-0.3, -0.25) is 0 Å². The highest BCUT2D eigenvalue weighted by Crippen LogP contribution is 2.30. The number of nitrogens with two attached hydrogens (primary N) is 1. The number of para-hydroxylation sites is 2. The van der Waals surface area contributed by atoms with Crippen LogP contribution in [-0.4, -0.2) is 36.8 Å². The fraction of sp³-hybridized carbons (Fsp3) is 0.150. The standard InChI is InChI=1S/C20H20N8OS/c1-28-17(14-10-6-7-11-15(14)29-2)26-27-20(28)30-12-16-23-18(21)25-19(24-16)22-13-8-4-3-5-9-13/h3-11H,12H2,1-2H3,(H3,21,22,23,24,25). The maximum absolute atomic E-state index is 5.87. The maximum Gasteiger partial charge on any atom is 0.232 e. The zero-order valence-corrected chi connectivity index (χ0v) is 17.3. The van der Waals surface area contributed by atoms with Gasteiger partial charge in [-0.25, -0.2) is 0 Å². The van der Waals surface area contributed by atoms with Gasteiger partial charge in [-0.1, -0.05) is 42.1 Å². The first-order chi connectivity index (χ1) is 14.6. The Morgan fingerprint density at radius 3 is 2.57 bits per heavy atom. The van der Waals surface area contributed by atoms with Crippen molar-refractivity contribution < 1.29 is 4.74 Å². The van der Waals surface area contributed by atoms with E-state index in [1.807, 2.05) is 66.2 Å². The zero-order valence-electron chi connectivity index (χ0n) is 16.5. The van der Waals surface area contributed by atoms with Gasteiger partial charge in [0.1, 0.15) is 11.6 Å². The third-order valence-corrected chi connectivity index (χ3v) is 5.26. The summed E-state index contributed by atoms with van der Waals surface area (Å²) >= 11 is 1.47. The number of rotatable bonds is 7. The summed E-state index contributed by atoms with van der Waals surface area (Å²) in [5.74, 6) is 3.04. The van der Waals surface area contributed by atoms with Crippen LogP contribution in [0.1, 0.15) is 5.82 Å². The number of anilines is 3. The quantitative estimate of drug-likeness (QED) is 0.434. The van der Waals surface area contributed by atoms with Crippen molar-refractivity contribution in [2.24, 2.45) is 7.05 Å². The van der Waals surface area contributed by atoms with Gasteiger partial charge in [0.05, 0.1) is 18.4 Å². The Balaban J connectivity index is 1.51. The van der Waals surface area contributed by atoms with Crippen LogP contribution in [-0.2, 0) is 12.8 Å². The van der Waals surface area contributed by atoms with Crippen LogP contribution in [0, 0.1) is 0 Å². The zero-order chi connectivity index (χ0) is 20.9. The van der Waals surface area contributed by atoms with Crippen molar-refractivity contribution in [2.75, 3.05) is 18.2 Å². The first-order valence-corrected chi connectivity index (χ1v) is 10.1. The van der Waals surface area contributed by atoms with Gasteiger partial charge in [0, 0.05) is 12.7 Å². The molecule has 0 aliphatic rings. The van der Waals surface area contributed by atoms with E-state index in [0.717, 1.165) is 28.0 Å². The minimum Gasteiger partial charge on any atom is -0.496 e. The highest BCUT2D eigenvalue weighted by Gasteiger charge is 2.15. The van der Waals surface area contributed by atoms with E-state index in [4.69, 9.17) is 10.5 Å². The molecule has 9 nitrogen and oxygen atoms in total. The molecule has 0 spiro atoms. The Morgan fingerprint density at radius 1 is 1.00 bits per heavy atom. The molecule has 0 saturated carbocycles. The minimum atomic E-state index is 0.159. The second-order valence-corrected chi connectivity index (χ2v) is 7.22. The summed E-state index contributed by atoms with van der Waals surface area (Å²) in [7, 11) is 3.55. The van der Waals surface area contributed by atoms with Crippen LogP contribution in [0.3, 0.4) is 0 Å². The number of benzene rings is 2. The molecule has 0 amide bonds. The summed E-state index contributed by atoms with van der Waals surface area (Å²) in [6, 6.07) is 17.3. The molecule has 0 unspecified atom stereocenters. The van der Waals surface area contributed by atoms with Crippen molar-refractivity contribution in [3.63, 3.8) is 0 Å². The molecule has 3 N–H and O–H groups in total. The number of nitrogens with one attached hydrogen (secondary N) is 1. The van der Waals surface area contributed by atoms with Crippen molar-refractivity contribution in [1.82, 2.24) is 29.7 Å². The Labute approximate surface area is 177 Å². The Bertz CT molecular complexity index is 1150. The molecule has 0 saturated heterocycles. The number of ether oxygens (including phenoxy) is 1. The lowest BCUT2D eigenvalue weighted by Gasteiger charge is -2.08. The number of thioether (sulfide) groups is 1. The highest BCUT2D eigenvalue weighted by molar-refractivity contribution is 7.98. The van der Waals surface area contributed by atoms with E-state index in [2.05, 4.69) is 30.5 Å². The normalized spacial score (nSPS) is 10.7. The molecule has 2 aromatic carbocycles. The van der Waals surface area contributed by atoms with E-state index in [9.17, 15) is 0 Å². The van der Waals surface area contributed by atoms with Crippen molar-refractivity contribution >= 4 is 29.3 Å². The number of nitrogens with zero attached hydrogens (tertiary/aromatic N) is 6. The van der Waals surface area contributed by atoms with Gasteiger partial charge in [0.25, 0.3) is 0 Å². The smallest absolute Gasteiger partial charge is 0.232 e. The average molecular weight is 421 g/mol. The van der Waals surface area contributed by atoms with Gasteiger partial charge in [-0.2, -0.15) is 15.0 Å². The van der Waals surface area contributed by atoms with E-state index >= 15 is 0 Å². The van der Waals surface area contributed by atoms with Crippen molar-refractivity contribution in [3.8, 4) is 17.1 Å². The highest BCUT2D eigenvalue weighted by atomic mass is 32.2. The van der Waals surface area contributed by atoms with E-state index in [1.165, 1.54) is 11.8 Å². The fourth-order valence-electron chi connectivity index (χ4n) is 2.84. The van der Waals surface area contributed by atoms with Crippen LogP contribution >= 0.6 is 11.8 Å². The van der Waals surface area contributed by atoms with E-state index in [-0.39, 0.29) is 5.95 Å². The van der Waals surface area contributed by atoms with Gasteiger partial charge >= 0.3 is 0 Å². The SMILES string of the molecule is COc1ccccc1-c1nnc(SCc2nc(N)nc(Nc3ccccc3)n2)n1C. The van der Waals surface area contributed by atoms with Crippen LogP contribution in [0.2, 0.25) is 0 Å². The third kappa shape index (κ3) is 4.33. The van der Waals surface area contributed by atoms with Gasteiger partial charge in [-0.05, 0) is 24.3 Å². The van der Waals surface area contributed by atoms with Gasteiger partial charge in [-0.15, -0.1) is 10.2 Å². The monoisotopic (exact) mass is 420 g/mol. The average Bonchev–Trinajstić information content (AvgIpc) is 3.12. The lowest BCUT2D eigenvalue weighted by atomic mass is 10.2. The Kier molecular flexibility index (Phi) is 5.75. The molecule has 0 aliphatic carbocycles. The number of hydrogen-bond acceptors (Lipinski definition) is 9. The minimum absolute atomic E-state index is 0.159. The topological polar surface area (TPSA) is 117 Å². The predicted octanol–water partition coefficient (Wildman–Crippen LogP) is 3.29. The number of aromatic nitrogens is 6. The van der Waals surface area contributed by atoms with E-state index in [0.29, 0.717) is 17.5 Å². The van der Waals surface area contributed by atoms with Crippen LogP contribution in [0.4, 0.5) is 17.6 Å². The second-order valence-electron chi connectivity index (χ2n) is 6.28. The lowest BCUT2D eigenvalue weighted by molar-refractivity contribution is 0.416. The summed E-state index contributed by atoms with van der Waals surface area (Å²) in [4.78, 5) is 12.8. The molecule has 30 heavy (non-hydrogen) atoms. The largest absolute Gasteiger partial charge is 0.496 e. The molecular formula is C20H20N8OS. The van der Waals surface area contributed by atoms with E-state index in [1.54, 1.807) is 7.11 Å². The maximum atomic E-state index is 5.87. The van der Waals surface area contributed by atoms with Gasteiger partial charge in [0.15, 0.2) is 11.0 Å². The van der Waals surface area contributed by atoms with Crippen molar-refractivity contribution in [2.45, 2.75) is 10.9 Å². The summed E-state index contributed by atoms with van der Waals surface area (Å²) in [5, 5.41) is 12.5. The van der Waals surface area contributed by atoms with Crippen LogP contribution in [0.5, 0.6) is 5.75 Å². The van der Waals surface area contributed by atoms with Gasteiger partial charge in [0.2, 0.25) is 11.9 Å². The number of methoxy groups -OCH3 is 1. The molecule has 2 heterocycles. The molecule has 0 fully saturated rings. The first-order valence-electron chi connectivity index (χ1n) is 9.12. The lowest BCUT2D eigenvalue weighted by Crippen LogP contribution is -2.06. The predicted molar refractivity (Wildman–Crippen MR) is 117 cm³/mol. The van der Waals surface area contributed by atoms with Crippen molar-refractivity contribution in [1.29, 1.82) is 0 Å². The fourth-order valence-corrected chi connectivity index (χ4v) is 3.61. The molecule has 0 radical (unpaired) electrons. The summed E-state index contributed by atoms with van der Waals surface area (Å²) in [5.41, 5.74) is 7.61.